The smallest absolute Gasteiger partial charge is 0.408 e. The first-order valence-electron chi connectivity index (χ1n) is 11.6. The zero-order valence-electron chi connectivity index (χ0n) is 21.4. The quantitative estimate of drug-likeness (QED) is 0.508. The highest BCUT2D eigenvalue weighted by Gasteiger charge is 2.37. The van der Waals surface area contributed by atoms with Gasteiger partial charge in [0.15, 0.2) is 0 Å². The Morgan fingerprint density at radius 2 is 1.64 bits per heavy atom. The molecular weight excluding hydrogens is 418 g/mol. The summed E-state index contributed by atoms with van der Waals surface area (Å²) in [5, 5.41) is 5.62. The molecule has 2 atom stereocenters. The number of alkyl carbamates (subject to hydrolysis) is 1. The van der Waals surface area contributed by atoms with Gasteiger partial charge < -0.3 is 20.3 Å². The average Bonchev–Trinajstić information content (AvgIpc) is 2.69. The summed E-state index contributed by atoms with van der Waals surface area (Å²) in [4.78, 5) is 40.9. The monoisotopic (exact) mass is 459 g/mol. The number of hydrogen-bond acceptors (Lipinski definition) is 4. The molecule has 7 heteroatoms. The zero-order chi connectivity index (χ0) is 25.3. The highest BCUT2D eigenvalue weighted by Crippen LogP contribution is 2.25. The molecule has 0 saturated carbocycles. The molecule has 7 nitrogen and oxygen atoms in total. The standard InChI is InChI=1S/C26H41N3O4/c1-10-16-29(24(31)21(17(3)4)28-25(32)33-26(7,8)9)22(23(30)27-18(5)6)20-14-12-19(11-2)13-15-20/h10,12-15,17-18,21-22H,1,11,16H2,2-9H3,(H,27,30)(H,28,32). The summed E-state index contributed by atoms with van der Waals surface area (Å²) in [6.07, 6.45) is 1.77. The van der Waals surface area contributed by atoms with Gasteiger partial charge in [0, 0.05) is 12.6 Å². The van der Waals surface area contributed by atoms with Crippen LogP contribution in [0.25, 0.3) is 0 Å². The fraction of sp³-hybridized carbons (Fsp3) is 0.577. The van der Waals surface area contributed by atoms with Gasteiger partial charge in [-0.05, 0) is 58.1 Å². The first-order valence-corrected chi connectivity index (χ1v) is 11.6. The molecule has 3 amide bonds. The van der Waals surface area contributed by atoms with Gasteiger partial charge in [-0.15, -0.1) is 6.58 Å². The van der Waals surface area contributed by atoms with Crippen molar-refractivity contribution in [2.45, 2.75) is 85.5 Å². The summed E-state index contributed by atoms with van der Waals surface area (Å²) in [7, 11) is 0. The van der Waals surface area contributed by atoms with E-state index in [9.17, 15) is 14.4 Å². The van der Waals surface area contributed by atoms with Crippen LogP contribution in [0.4, 0.5) is 4.79 Å². The molecule has 0 aliphatic heterocycles. The van der Waals surface area contributed by atoms with Crippen LogP contribution >= 0.6 is 0 Å². The molecule has 1 aromatic carbocycles. The molecule has 0 saturated heterocycles. The van der Waals surface area contributed by atoms with Gasteiger partial charge in [0.25, 0.3) is 0 Å². The Hall–Kier alpha value is -2.83. The van der Waals surface area contributed by atoms with E-state index in [-0.39, 0.29) is 30.3 Å². The number of carbonyl (C=O) groups excluding carboxylic acids is 3. The topological polar surface area (TPSA) is 87.7 Å². The largest absolute Gasteiger partial charge is 0.444 e. The molecule has 0 aliphatic rings. The fourth-order valence-corrected chi connectivity index (χ4v) is 3.36. The maximum Gasteiger partial charge on any atom is 0.408 e. The molecule has 33 heavy (non-hydrogen) atoms. The van der Waals surface area contributed by atoms with Crippen LogP contribution in [0.3, 0.4) is 0 Å². The van der Waals surface area contributed by atoms with Crippen molar-refractivity contribution in [2.75, 3.05) is 6.54 Å². The van der Waals surface area contributed by atoms with E-state index >= 15 is 0 Å². The van der Waals surface area contributed by atoms with E-state index in [1.807, 2.05) is 52.0 Å². The normalized spacial score (nSPS) is 13.3. The molecule has 0 bridgehead atoms. The molecule has 2 N–H and O–H groups in total. The zero-order valence-corrected chi connectivity index (χ0v) is 21.4. The predicted octanol–water partition coefficient (Wildman–Crippen LogP) is 4.38. The Labute approximate surface area is 198 Å². The summed E-state index contributed by atoms with van der Waals surface area (Å²) in [6.45, 7) is 18.7. The Kier molecular flexibility index (Phi) is 10.6. The fourth-order valence-electron chi connectivity index (χ4n) is 3.36. The van der Waals surface area contributed by atoms with Crippen molar-refractivity contribution in [3.05, 3.63) is 48.0 Å². The number of nitrogens with zero attached hydrogens (tertiary/aromatic N) is 1. The first kappa shape index (κ1) is 28.2. The van der Waals surface area contributed by atoms with E-state index < -0.39 is 23.8 Å². The predicted molar refractivity (Wildman–Crippen MR) is 132 cm³/mol. The van der Waals surface area contributed by atoms with Gasteiger partial charge in [0.05, 0.1) is 0 Å². The summed E-state index contributed by atoms with van der Waals surface area (Å²) in [5.74, 6) is -0.892. The van der Waals surface area contributed by atoms with Crippen molar-refractivity contribution in [1.82, 2.24) is 15.5 Å². The molecule has 0 aromatic heterocycles. The second-order valence-electron chi connectivity index (χ2n) is 9.81. The number of hydrogen-bond donors (Lipinski definition) is 2. The molecule has 1 rings (SSSR count). The van der Waals surface area contributed by atoms with Gasteiger partial charge in [-0.25, -0.2) is 4.79 Å². The number of rotatable bonds is 10. The first-order chi connectivity index (χ1) is 15.3. The molecule has 0 aliphatic carbocycles. The van der Waals surface area contributed by atoms with Crippen LogP contribution in [0, 0.1) is 5.92 Å². The Morgan fingerprint density at radius 1 is 1.06 bits per heavy atom. The van der Waals surface area contributed by atoms with E-state index in [1.54, 1.807) is 26.8 Å². The third-order valence-corrected chi connectivity index (χ3v) is 4.91. The summed E-state index contributed by atoms with van der Waals surface area (Å²) < 4.78 is 5.36. The summed E-state index contributed by atoms with van der Waals surface area (Å²) in [6, 6.07) is 5.82. The van der Waals surface area contributed by atoms with Crippen LogP contribution in [0.2, 0.25) is 0 Å². The van der Waals surface area contributed by atoms with Crippen molar-refractivity contribution in [3.8, 4) is 0 Å². The lowest BCUT2D eigenvalue weighted by Gasteiger charge is -2.35. The van der Waals surface area contributed by atoms with E-state index in [1.165, 1.54) is 4.90 Å². The highest BCUT2D eigenvalue weighted by molar-refractivity contribution is 5.92. The minimum atomic E-state index is -0.871. The molecule has 0 spiro atoms. The Balaban J connectivity index is 3.40. The minimum absolute atomic E-state index is 0.101. The van der Waals surface area contributed by atoms with E-state index in [4.69, 9.17) is 4.74 Å². The number of benzene rings is 1. The van der Waals surface area contributed by atoms with Crippen LogP contribution in [0.15, 0.2) is 36.9 Å². The van der Waals surface area contributed by atoms with Crippen LogP contribution in [-0.4, -0.2) is 47.0 Å². The lowest BCUT2D eigenvalue weighted by Crippen LogP contribution is -2.55. The highest BCUT2D eigenvalue weighted by atomic mass is 16.6. The van der Waals surface area contributed by atoms with Gasteiger partial charge in [-0.1, -0.05) is 51.1 Å². The van der Waals surface area contributed by atoms with Gasteiger partial charge in [0.1, 0.15) is 17.7 Å². The van der Waals surface area contributed by atoms with Crippen LogP contribution < -0.4 is 10.6 Å². The van der Waals surface area contributed by atoms with Crippen molar-refractivity contribution in [3.63, 3.8) is 0 Å². The molecule has 0 radical (unpaired) electrons. The van der Waals surface area contributed by atoms with Crippen LogP contribution in [0.5, 0.6) is 0 Å². The molecule has 0 heterocycles. The number of nitrogens with one attached hydrogen (secondary N) is 2. The summed E-state index contributed by atoms with van der Waals surface area (Å²) >= 11 is 0. The van der Waals surface area contributed by atoms with Crippen molar-refractivity contribution < 1.29 is 19.1 Å². The average molecular weight is 460 g/mol. The van der Waals surface area contributed by atoms with Crippen molar-refractivity contribution in [2.24, 2.45) is 5.92 Å². The number of aryl methyl sites for hydroxylation is 1. The SMILES string of the molecule is C=CCN(C(=O)C(NC(=O)OC(C)(C)C)C(C)C)C(C(=O)NC(C)C)c1ccc(CC)cc1. The third kappa shape index (κ3) is 8.91. The molecule has 184 valence electrons. The second kappa shape index (κ2) is 12.4. The molecule has 2 unspecified atom stereocenters. The number of carbonyl (C=O) groups is 3. The number of ether oxygens (including phenoxy) is 1. The Morgan fingerprint density at radius 3 is 2.06 bits per heavy atom. The van der Waals surface area contributed by atoms with Crippen molar-refractivity contribution in [1.29, 1.82) is 0 Å². The summed E-state index contributed by atoms with van der Waals surface area (Å²) in [5.41, 5.74) is 1.13. The Bertz CT molecular complexity index is 810. The van der Waals surface area contributed by atoms with Gasteiger partial charge in [-0.2, -0.15) is 0 Å². The van der Waals surface area contributed by atoms with E-state index in [0.29, 0.717) is 5.56 Å². The van der Waals surface area contributed by atoms with Crippen LogP contribution in [-0.2, 0) is 20.7 Å². The second-order valence-corrected chi connectivity index (χ2v) is 9.81. The minimum Gasteiger partial charge on any atom is -0.444 e. The number of amides is 3. The molecular formula is C26H41N3O4. The van der Waals surface area contributed by atoms with Gasteiger partial charge >= 0.3 is 6.09 Å². The van der Waals surface area contributed by atoms with Gasteiger partial charge in [-0.3, -0.25) is 9.59 Å². The van der Waals surface area contributed by atoms with Crippen LogP contribution in [0.1, 0.15) is 72.6 Å². The van der Waals surface area contributed by atoms with E-state index in [2.05, 4.69) is 24.1 Å². The maximum absolute atomic E-state index is 13.7. The molecule has 0 fully saturated rings. The van der Waals surface area contributed by atoms with Gasteiger partial charge in [0.2, 0.25) is 11.8 Å². The lowest BCUT2D eigenvalue weighted by molar-refractivity contribution is -0.142. The van der Waals surface area contributed by atoms with Crippen molar-refractivity contribution >= 4 is 17.9 Å². The third-order valence-electron chi connectivity index (χ3n) is 4.91. The lowest BCUT2D eigenvalue weighted by atomic mass is 9.97. The maximum atomic E-state index is 13.7. The molecule has 1 aromatic rings. The van der Waals surface area contributed by atoms with E-state index in [0.717, 1.165) is 12.0 Å².